The molecule has 1 heterocycles. The molecule has 1 rings (SSSR count). The van der Waals surface area contributed by atoms with E-state index < -0.39 is 8.32 Å². The predicted molar refractivity (Wildman–Crippen MR) is 71.4 cm³/mol. The third-order valence-corrected chi connectivity index (χ3v) is 5.66. The van der Waals surface area contributed by atoms with Gasteiger partial charge in [-0.2, -0.15) is 0 Å². The molecule has 1 saturated heterocycles. The van der Waals surface area contributed by atoms with E-state index in [9.17, 15) is 4.79 Å². The van der Waals surface area contributed by atoms with E-state index in [1.54, 1.807) is 0 Å². The van der Waals surface area contributed by atoms with Crippen LogP contribution in [-0.4, -0.2) is 26.5 Å². The molecule has 0 saturated carbocycles. The summed E-state index contributed by atoms with van der Waals surface area (Å²) in [6.45, 7) is 10.0. The van der Waals surface area contributed by atoms with Crippen molar-refractivity contribution >= 4 is 14.3 Å². The third kappa shape index (κ3) is 4.64. The van der Waals surface area contributed by atoms with E-state index in [0.29, 0.717) is 0 Å². The van der Waals surface area contributed by atoms with Gasteiger partial charge in [-0.25, -0.2) is 4.79 Å². The van der Waals surface area contributed by atoms with Crippen molar-refractivity contribution < 1.29 is 14.0 Å². The summed E-state index contributed by atoms with van der Waals surface area (Å²) in [5.41, 5.74) is 0. The van der Waals surface area contributed by atoms with Crippen LogP contribution in [-0.2, 0) is 14.0 Å². The Morgan fingerprint density at radius 3 is 2.88 bits per heavy atom. The lowest BCUT2D eigenvalue weighted by Crippen LogP contribution is -2.45. The lowest BCUT2D eigenvalue weighted by molar-refractivity contribution is -0.149. The van der Waals surface area contributed by atoms with Gasteiger partial charge in [-0.05, 0) is 32.0 Å². The Labute approximate surface area is 105 Å². The topological polar surface area (TPSA) is 35.5 Å². The Hall–Kier alpha value is -0.613. The standard InChI is InChI=1S/C13H24O3Si/c1-5-8-11(15-13(14)6-2)12-9-7-10-17(3,4)16-12/h6,11-12H,2,5,7-10H2,1,3-4H3. The number of rotatable bonds is 5. The zero-order chi connectivity index (χ0) is 12.9. The van der Waals surface area contributed by atoms with Crippen molar-refractivity contribution in [2.75, 3.05) is 0 Å². The van der Waals surface area contributed by atoms with Gasteiger partial charge in [-0.1, -0.05) is 26.3 Å². The lowest BCUT2D eigenvalue weighted by atomic mass is 10.0. The molecule has 17 heavy (non-hydrogen) atoms. The number of hydrogen-bond donors (Lipinski definition) is 0. The second kappa shape index (κ2) is 6.35. The van der Waals surface area contributed by atoms with Gasteiger partial charge in [0.05, 0.1) is 6.10 Å². The van der Waals surface area contributed by atoms with Crippen molar-refractivity contribution in [2.24, 2.45) is 0 Å². The average Bonchev–Trinajstić information content (AvgIpc) is 2.27. The summed E-state index contributed by atoms with van der Waals surface area (Å²) in [7, 11) is -1.52. The second-order valence-corrected chi connectivity index (χ2v) is 9.53. The minimum absolute atomic E-state index is 0.0919. The first-order valence-corrected chi connectivity index (χ1v) is 9.61. The largest absolute Gasteiger partial charge is 0.457 e. The molecule has 1 fully saturated rings. The van der Waals surface area contributed by atoms with E-state index in [1.807, 2.05) is 0 Å². The molecule has 1 aliphatic rings. The summed E-state index contributed by atoms with van der Waals surface area (Å²) in [5, 5.41) is 0. The first-order chi connectivity index (χ1) is 7.98. The monoisotopic (exact) mass is 256 g/mol. The molecule has 2 atom stereocenters. The van der Waals surface area contributed by atoms with Gasteiger partial charge < -0.3 is 9.16 Å². The maximum absolute atomic E-state index is 11.3. The van der Waals surface area contributed by atoms with Gasteiger partial charge in [0.2, 0.25) is 0 Å². The molecule has 0 amide bonds. The highest BCUT2D eigenvalue weighted by Crippen LogP contribution is 2.29. The number of carbonyl (C=O) groups is 1. The highest BCUT2D eigenvalue weighted by atomic mass is 28.4. The van der Waals surface area contributed by atoms with E-state index in [1.165, 1.54) is 18.5 Å². The molecule has 0 aliphatic carbocycles. The first-order valence-electron chi connectivity index (χ1n) is 6.49. The molecule has 0 spiro atoms. The van der Waals surface area contributed by atoms with Crippen molar-refractivity contribution in [2.45, 2.75) is 64.0 Å². The predicted octanol–water partition coefficient (Wildman–Crippen LogP) is 3.27. The van der Waals surface area contributed by atoms with Crippen LogP contribution < -0.4 is 0 Å². The smallest absolute Gasteiger partial charge is 0.330 e. The van der Waals surface area contributed by atoms with Crippen LogP contribution in [0.5, 0.6) is 0 Å². The Bertz CT molecular complexity index is 276. The van der Waals surface area contributed by atoms with Crippen LogP contribution in [0.1, 0.15) is 32.6 Å². The minimum atomic E-state index is -1.52. The zero-order valence-corrected chi connectivity index (χ0v) is 12.2. The van der Waals surface area contributed by atoms with E-state index in [4.69, 9.17) is 9.16 Å². The Morgan fingerprint density at radius 1 is 1.65 bits per heavy atom. The Morgan fingerprint density at radius 2 is 2.35 bits per heavy atom. The van der Waals surface area contributed by atoms with E-state index in [-0.39, 0.29) is 18.2 Å². The van der Waals surface area contributed by atoms with E-state index in [0.717, 1.165) is 19.3 Å². The average molecular weight is 256 g/mol. The van der Waals surface area contributed by atoms with Crippen LogP contribution in [0.2, 0.25) is 19.1 Å². The van der Waals surface area contributed by atoms with Gasteiger partial charge in [-0.3, -0.25) is 0 Å². The molecule has 2 unspecified atom stereocenters. The fourth-order valence-electron chi connectivity index (χ4n) is 2.32. The fourth-order valence-corrected chi connectivity index (χ4v) is 4.58. The molecule has 3 nitrogen and oxygen atoms in total. The third-order valence-electron chi connectivity index (χ3n) is 3.16. The number of carbonyl (C=O) groups excluding carboxylic acids is 1. The maximum atomic E-state index is 11.3. The molecule has 0 radical (unpaired) electrons. The normalized spacial score (nSPS) is 25.0. The molecular formula is C13H24O3Si. The first kappa shape index (κ1) is 14.4. The molecule has 0 bridgehead atoms. The summed E-state index contributed by atoms with van der Waals surface area (Å²) < 4.78 is 11.6. The van der Waals surface area contributed by atoms with Gasteiger partial charge >= 0.3 is 5.97 Å². The van der Waals surface area contributed by atoms with Gasteiger partial charge in [0, 0.05) is 6.08 Å². The summed E-state index contributed by atoms with van der Waals surface area (Å²) in [4.78, 5) is 11.3. The van der Waals surface area contributed by atoms with Gasteiger partial charge in [0.25, 0.3) is 0 Å². The van der Waals surface area contributed by atoms with Crippen LogP contribution in [0, 0.1) is 0 Å². The molecule has 98 valence electrons. The summed E-state index contributed by atoms with van der Waals surface area (Å²) in [6, 6.07) is 1.21. The van der Waals surface area contributed by atoms with Gasteiger partial charge in [0.1, 0.15) is 6.10 Å². The summed E-state index contributed by atoms with van der Waals surface area (Å²) in [5.74, 6) is -0.336. The summed E-state index contributed by atoms with van der Waals surface area (Å²) in [6.07, 6.45) is 5.29. The molecule has 0 aromatic heterocycles. The molecule has 1 aliphatic heterocycles. The van der Waals surface area contributed by atoms with Crippen LogP contribution in [0.4, 0.5) is 0 Å². The molecule has 0 aromatic carbocycles. The minimum Gasteiger partial charge on any atom is -0.457 e. The molecular weight excluding hydrogens is 232 g/mol. The van der Waals surface area contributed by atoms with E-state index in [2.05, 4.69) is 26.6 Å². The van der Waals surface area contributed by atoms with Crippen LogP contribution in [0.15, 0.2) is 12.7 Å². The van der Waals surface area contributed by atoms with Crippen molar-refractivity contribution in [3.8, 4) is 0 Å². The quantitative estimate of drug-likeness (QED) is 0.430. The zero-order valence-electron chi connectivity index (χ0n) is 11.2. The van der Waals surface area contributed by atoms with Gasteiger partial charge in [0.15, 0.2) is 8.32 Å². The number of esters is 1. The Balaban J connectivity index is 2.62. The Kier molecular flexibility index (Phi) is 5.40. The summed E-state index contributed by atoms with van der Waals surface area (Å²) >= 11 is 0. The number of hydrogen-bond acceptors (Lipinski definition) is 3. The maximum Gasteiger partial charge on any atom is 0.330 e. The molecule has 0 aromatic rings. The lowest BCUT2D eigenvalue weighted by Gasteiger charge is -2.38. The van der Waals surface area contributed by atoms with E-state index >= 15 is 0 Å². The molecule has 4 heteroatoms. The highest BCUT2D eigenvalue weighted by Gasteiger charge is 2.36. The van der Waals surface area contributed by atoms with Crippen molar-refractivity contribution in [1.29, 1.82) is 0 Å². The SMILES string of the molecule is C=CC(=O)OC(CCC)C1CCC[Si](C)(C)O1. The van der Waals surface area contributed by atoms with Crippen LogP contribution in [0.25, 0.3) is 0 Å². The van der Waals surface area contributed by atoms with Crippen molar-refractivity contribution in [1.82, 2.24) is 0 Å². The van der Waals surface area contributed by atoms with Gasteiger partial charge in [-0.15, -0.1) is 0 Å². The number of ether oxygens (including phenoxy) is 1. The highest BCUT2D eigenvalue weighted by molar-refractivity contribution is 6.71. The molecule has 0 N–H and O–H groups in total. The fraction of sp³-hybridized carbons (Fsp3) is 0.769. The second-order valence-electron chi connectivity index (χ2n) is 5.28. The van der Waals surface area contributed by atoms with Crippen LogP contribution in [0.3, 0.4) is 0 Å². The van der Waals surface area contributed by atoms with Crippen molar-refractivity contribution in [3.05, 3.63) is 12.7 Å². The van der Waals surface area contributed by atoms with Crippen molar-refractivity contribution in [3.63, 3.8) is 0 Å². The van der Waals surface area contributed by atoms with Crippen LogP contribution >= 0.6 is 0 Å².